The summed E-state index contributed by atoms with van der Waals surface area (Å²) in [6, 6.07) is 5.79. The Morgan fingerprint density at radius 3 is 2.33 bits per heavy atom. The summed E-state index contributed by atoms with van der Waals surface area (Å²) in [5, 5.41) is 0. The van der Waals surface area contributed by atoms with Gasteiger partial charge in [-0.25, -0.2) is 17.8 Å². The number of aryl methyl sites for hydroxylation is 2. The first kappa shape index (κ1) is 21.0. The van der Waals surface area contributed by atoms with Gasteiger partial charge in [0.15, 0.2) is 0 Å². The lowest BCUT2D eigenvalue weighted by molar-refractivity contribution is 0.122. The van der Waals surface area contributed by atoms with E-state index in [1.807, 2.05) is 13.0 Å². The number of hydrogen-bond acceptors (Lipinski definition) is 7. The molecule has 30 heavy (non-hydrogen) atoms. The molecule has 0 radical (unpaired) electrons. The van der Waals surface area contributed by atoms with Crippen molar-refractivity contribution < 1.29 is 17.5 Å². The monoisotopic (exact) mass is 435 g/mol. The number of nitrogens with zero attached hydrogens (tertiary/aromatic N) is 5. The molecule has 2 aliphatic rings. The molecule has 0 N–H and O–H groups in total. The lowest BCUT2D eigenvalue weighted by atomic mass is 10.2. The molecule has 162 valence electrons. The normalized spacial score (nSPS) is 18.6. The number of morpholine rings is 1. The molecular weight excluding hydrogens is 409 g/mol. The molecular formula is C20H26FN5O3S. The summed E-state index contributed by atoms with van der Waals surface area (Å²) in [6.45, 7) is 8.07. The Hall–Kier alpha value is -2.30. The van der Waals surface area contributed by atoms with Crippen LogP contribution in [0.4, 0.5) is 16.2 Å². The molecule has 8 nitrogen and oxygen atoms in total. The van der Waals surface area contributed by atoms with E-state index in [2.05, 4.69) is 14.8 Å². The molecule has 1 aromatic carbocycles. The van der Waals surface area contributed by atoms with E-state index >= 15 is 0 Å². The maximum absolute atomic E-state index is 13.6. The molecule has 0 spiro atoms. The van der Waals surface area contributed by atoms with Gasteiger partial charge in [-0.2, -0.15) is 9.29 Å². The summed E-state index contributed by atoms with van der Waals surface area (Å²) in [7, 11) is -3.74. The van der Waals surface area contributed by atoms with Crippen molar-refractivity contribution in [1.29, 1.82) is 0 Å². The Morgan fingerprint density at radius 1 is 0.933 bits per heavy atom. The van der Waals surface area contributed by atoms with E-state index < -0.39 is 15.8 Å². The zero-order valence-corrected chi connectivity index (χ0v) is 18.0. The SMILES string of the molecule is Cc1cc(N2CCN(S(=O)(=O)c3cc(F)ccc3C)CC2)nc(N2CCOCC2)n1. The van der Waals surface area contributed by atoms with Gasteiger partial charge in [-0.1, -0.05) is 6.07 Å². The fourth-order valence-electron chi connectivity index (χ4n) is 3.75. The minimum Gasteiger partial charge on any atom is -0.378 e. The summed E-state index contributed by atoms with van der Waals surface area (Å²) < 4.78 is 46.5. The average molecular weight is 436 g/mol. The van der Waals surface area contributed by atoms with E-state index in [-0.39, 0.29) is 4.90 Å². The standard InChI is InChI=1S/C20H26FN5O3S/c1-15-3-4-17(21)14-18(15)30(27,28)26-7-5-24(6-8-26)19-13-16(2)22-20(23-19)25-9-11-29-12-10-25/h3-4,13-14H,5-12H2,1-2H3. The molecule has 2 aliphatic heterocycles. The van der Waals surface area contributed by atoms with E-state index in [0.29, 0.717) is 50.9 Å². The van der Waals surface area contributed by atoms with E-state index in [1.165, 1.54) is 16.4 Å². The third kappa shape index (κ3) is 4.26. The van der Waals surface area contributed by atoms with Crippen LogP contribution in [0.1, 0.15) is 11.3 Å². The summed E-state index contributed by atoms with van der Waals surface area (Å²) in [5.41, 5.74) is 1.41. The Morgan fingerprint density at radius 2 is 1.63 bits per heavy atom. The minimum absolute atomic E-state index is 0.0310. The van der Waals surface area contributed by atoms with Crippen molar-refractivity contribution in [3.05, 3.63) is 41.3 Å². The van der Waals surface area contributed by atoms with Crippen LogP contribution in [0.25, 0.3) is 0 Å². The molecule has 0 saturated carbocycles. The number of anilines is 2. The second-order valence-corrected chi connectivity index (χ2v) is 9.47. The van der Waals surface area contributed by atoms with Crippen LogP contribution in [0, 0.1) is 19.7 Å². The summed E-state index contributed by atoms with van der Waals surface area (Å²) in [5.74, 6) is 0.923. The number of ether oxygens (including phenoxy) is 1. The Bertz CT molecular complexity index is 1020. The number of piperazine rings is 1. The van der Waals surface area contributed by atoms with Gasteiger partial charge in [0, 0.05) is 51.0 Å². The minimum atomic E-state index is -3.74. The molecule has 0 amide bonds. The highest BCUT2D eigenvalue weighted by Crippen LogP contribution is 2.24. The number of halogens is 1. The lowest BCUT2D eigenvalue weighted by Crippen LogP contribution is -2.49. The van der Waals surface area contributed by atoms with Crippen LogP contribution in [0.2, 0.25) is 0 Å². The van der Waals surface area contributed by atoms with Crippen LogP contribution in [-0.2, 0) is 14.8 Å². The van der Waals surface area contributed by atoms with Gasteiger partial charge >= 0.3 is 0 Å². The van der Waals surface area contributed by atoms with Gasteiger partial charge in [-0.05, 0) is 31.5 Å². The van der Waals surface area contributed by atoms with Crippen molar-refractivity contribution in [1.82, 2.24) is 14.3 Å². The van der Waals surface area contributed by atoms with Crippen LogP contribution in [0.15, 0.2) is 29.2 Å². The topological polar surface area (TPSA) is 78.9 Å². The van der Waals surface area contributed by atoms with Crippen LogP contribution in [-0.4, -0.2) is 75.2 Å². The second kappa shape index (κ2) is 8.44. The highest BCUT2D eigenvalue weighted by Gasteiger charge is 2.30. The fraction of sp³-hybridized carbons (Fsp3) is 0.500. The molecule has 2 fully saturated rings. The molecule has 0 aliphatic carbocycles. The third-order valence-electron chi connectivity index (χ3n) is 5.45. The first-order valence-corrected chi connectivity index (χ1v) is 11.5. The number of aromatic nitrogens is 2. The maximum atomic E-state index is 13.6. The van der Waals surface area contributed by atoms with Crippen molar-refractivity contribution in [3.8, 4) is 0 Å². The molecule has 3 heterocycles. The quantitative estimate of drug-likeness (QED) is 0.722. The smallest absolute Gasteiger partial charge is 0.243 e. The van der Waals surface area contributed by atoms with E-state index in [1.54, 1.807) is 6.92 Å². The number of hydrogen-bond donors (Lipinski definition) is 0. The van der Waals surface area contributed by atoms with Crippen molar-refractivity contribution >= 4 is 21.8 Å². The van der Waals surface area contributed by atoms with Crippen LogP contribution in [0.3, 0.4) is 0 Å². The zero-order chi connectivity index (χ0) is 21.3. The van der Waals surface area contributed by atoms with Crippen molar-refractivity contribution in [3.63, 3.8) is 0 Å². The zero-order valence-electron chi connectivity index (χ0n) is 17.2. The van der Waals surface area contributed by atoms with E-state index in [4.69, 9.17) is 9.72 Å². The van der Waals surface area contributed by atoms with Gasteiger partial charge in [0.05, 0.1) is 18.1 Å². The Balaban J connectivity index is 1.49. The van der Waals surface area contributed by atoms with Crippen molar-refractivity contribution in [2.45, 2.75) is 18.7 Å². The first-order chi connectivity index (χ1) is 14.3. The Labute approximate surface area is 176 Å². The largest absolute Gasteiger partial charge is 0.378 e. The Kier molecular flexibility index (Phi) is 5.90. The van der Waals surface area contributed by atoms with Crippen molar-refractivity contribution in [2.24, 2.45) is 0 Å². The van der Waals surface area contributed by atoms with Gasteiger partial charge in [-0.15, -0.1) is 0 Å². The molecule has 10 heteroatoms. The van der Waals surface area contributed by atoms with Gasteiger partial charge in [0.1, 0.15) is 11.6 Å². The number of rotatable bonds is 4. The molecule has 2 saturated heterocycles. The lowest BCUT2D eigenvalue weighted by Gasteiger charge is -2.35. The average Bonchev–Trinajstić information content (AvgIpc) is 2.75. The highest BCUT2D eigenvalue weighted by atomic mass is 32.2. The van der Waals surface area contributed by atoms with Gasteiger partial charge in [0.2, 0.25) is 16.0 Å². The van der Waals surface area contributed by atoms with Crippen LogP contribution in [0.5, 0.6) is 0 Å². The predicted molar refractivity (Wildman–Crippen MR) is 112 cm³/mol. The van der Waals surface area contributed by atoms with Crippen LogP contribution >= 0.6 is 0 Å². The predicted octanol–water partition coefficient (Wildman–Crippen LogP) is 1.58. The van der Waals surface area contributed by atoms with E-state index in [0.717, 1.165) is 30.7 Å². The van der Waals surface area contributed by atoms with Crippen molar-refractivity contribution in [2.75, 3.05) is 62.3 Å². The van der Waals surface area contributed by atoms with Crippen LogP contribution < -0.4 is 9.80 Å². The fourth-order valence-corrected chi connectivity index (χ4v) is 5.41. The summed E-state index contributed by atoms with van der Waals surface area (Å²) >= 11 is 0. The number of sulfonamides is 1. The first-order valence-electron chi connectivity index (χ1n) is 10.0. The van der Waals surface area contributed by atoms with E-state index in [9.17, 15) is 12.8 Å². The number of benzene rings is 1. The highest BCUT2D eigenvalue weighted by molar-refractivity contribution is 7.89. The molecule has 1 aromatic heterocycles. The summed E-state index contributed by atoms with van der Waals surface area (Å²) in [6.07, 6.45) is 0. The maximum Gasteiger partial charge on any atom is 0.243 e. The molecule has 2 aromatic rings. The summed E-state index contributed by atoms with van der Waals surface area (Å²) in [4.78, 5) is 13.5. The van der Waals surface area contributed by atoms with Gasteiger partial charge in [0.25, 0.3) is 0 Å². The third-order valence-corrected chi connectivity index (χ3v) is 7.49. The molecule has 0 atom stereocenters. The molecule has 0 unspecified atom stereocenters. The second-order valence-electron chi connectivity index (χ2n) is 7.57. The molecule has 0 bridgehead atoms. The van der Waals surface area contributed by atoms with Gasteiger partial charge in [-0.3, -0.25) is 0 Å². The van der Waals surface area contributed by atoms with Gasteiger partial charge < -0.3 is 14.5 Å². The molecule has 4 rings (SSSR count).